The first-order chi connectivity index (χ1) is 14.3. The molecule has 2 heterocycles. The molecule has 1 amide bonds. The third-order valence-electron chi connectivity index (χ3n) is 7.32. The van der Waals surface area contributed by atoms with Gasteiger partial charge in [0, 0.05) is 38.3 Å². The number of rotatable bonds is 5. The summed E-state index contributed by atoms with van der Waals surface area (Å²) < 4.78 is 11.1. The maximum Gasteiger partial charge on any atom is 0.224 e. The van der Waals surface area contributed by atoms with Crippen molar-refractivity contribution in [3.8, 4) is 0 Å². The van der Waals surface area contributed by atoms with E-state index in [1.807, 2.05) is 0 Å². The van der Waals surface area contributed by atoms with E-state index in [0.29, 0.717) is 12.3 Å². The van der Waals surface area contributed by atoms with Gasteiger partial charge >= 0.3 is 0 Å². The van der Waals surface area contributed by atoms with E-state index in [2.05, 4.69) is 33.3 Å². The molecule has 2 bridgehead atoms. The summed E-state index contributed by atoms with van der Waals surface area (Å²) in [5.41, 5.74) is 3.27. The van der Waals surface area contributed by atoms with Crippen LogP contribution in [0.25, 0.3) is 0 Å². The van der Waals surface area contributed by atoms with E-state index >= 15 is 0 Å². The molecule has 4 aliphatic rings. The third-order valence-corrected chi connectivity index (χ3v) is 7.32. The van der Waals surface area contributed by atoms with Crippen LogP contribution in [0.5, 0.6) is 0 Å². The van der Waals surface area contributed by atoms with Gasteiger partial charge in [-0.15, -0.1) is 0 Å². The minimum absolute atomic E-state index is 0.177. The Morgan fingerprint density at radius 2 is 1.69 bits per heavy atom. The number of carbonyl (C=O) groups excluding carboxylic acids is 1. The second kappa shape index (κ2) is 8.52. The molecule has 2 aliphatic heterocycles. The van der Waals surface area contributed by atoms with Gasteiger partial charge in [-0.2, -0.15) is 0 Å². The van der Waals surface area contributed by atoms with Crippen molar-refractivity contribution in [1.29, 1.82) is 0 Å². The summed E-state index contributed by atoms with van der Waals surface area (Å²) in [6.45, 7) is 6.57. The Balaban J connectivity index is 1.32. The minimum Gasteiger partial charge on any atom is -0.378 e. The Bertz CT molecular complexity index is 728. The lowest BCUT2D eigenvalue weighted by Crippen LogP contribution is -2.38. The lowest BCUT2D eigenvalue weighted by atomic mass is 9.86. The van der Waals surface area contributed by atoms with Crippen LogP contribution in [0.15, 0.2) is 18.2 Å². The fourth-order valence-corrected chi connectivity index (χ4v) is 5.78. The van der Waals surface area contributed by atoms with Gasteiger partial charge in [-0.3, -0.25) is 4.79 Å². The van der Waals surface area contributed by atoms with Crippen molar-refractivity contribution in [2.75, 3.05) is 67.7 Å². The van der Waals surface area contributed by atoms with Gasteiger partial charge in [-0.1, -0.05) is 6.42 Å². The molecular formula is C23H33N3O3. The first-order valence-corrected chi connectivity index (χ1v) is 11.4. The van der Waals surface area contributed by atoms with Crippen molar-refractivity contribution >= 4 is 23.0 Å². The summed E-state index contributed by atoms with van der Waals surface area (Å²) in [6.07, 6.45) is 5.99. The monoisotopic (exact) mass is 399 g/mol. The van der Waals surface area contributed by atoms with Gasteiger partial charge in [0.1, 0.15) is 0 Å². The third kappa shape index (κ3) is 4.24. The zero-order valence-corrected chi connectivity index (χ0v) is 17.3. The summed E-state index contributed by atoms with van der Waals surface area (Å²) in [7, 11) is 0. The molecule has 0 spiro atoms. The van der Waals surface area contributed by atoms with E-state index in [9.17, 15) is 4.79 Å². The number of ether oxygens (including phenoxy) is 2. The van der Waals surface area contributed by atoms with Gasteiger partial charge < -0.3 is 24.6 Å². The van der Waals surface area contributed by atoms with E-state index in [-0.39, 0.29) is 5.91 Å². The molecule has 1 N–H and O–H groups in total. The van der Waals surface area contributed by atoms with Crippen molar-refractivity contribution in [2.45, 2.75) is 32.1 Å². The Morgan fingerprint density at radius 3 is 2.34 bits per heavy atom. The van der Waals surface area contributed by atoms with Crippen LogP contribution >= 0.6 is 0 Å². The largest absolute Gasteiger partial charge is 0.378 e. The second-order valence-corrected chi connectivity index (χ2v) is 9.09. The SMILES string of the molecule is O=C(C[C@H]1C[C@H]2CC[C@H]1C2)Nc1ccc(N2CCOCC2)cc1N1CCOCC1. The predicted molar refractivity (Wildman–Crippen MR) is 115 cm³/mol. The molecule has 2 saturated carbocycles. The van der Waals surface area contributed by atoms with Crippen LogP contribution in [0.1, 0.15) is 32.1 Å². The number of carbonyl (C=O) groups is 1. The number of nitrogens with zero attached hydrogens (tertiary/aromatic N) is 2. The first-order valence-electron chi connectivity index (χ1n) is 11.4. The zero-order valence-electron chi connectivity index (χ0n) is 17.3. The molecule has 2 aliphatic carbocycles. The van der Waals surface area contributed by atoms with E-state index < -0.39 is 0 Å². The molecule has 0 radical (unpaired) electrons. The van der Waals surface area contributed by atoms with Crippen LogP contribution in [0, 0.1) is 17.8 Å². The van der Waals surface area contributed by atoms with Crippen LogP contribution in [0.2, 0.25) is 0 Å². The molecule has 4 fully saturated rings. The van der Waals surface area contributed by atoms with Crippen molar-refractivity contribution in [3.63, 3.8) is 0 Å². The smallest absolute Gasteiger partial charge is 0.224 e. The summed E-state index contributed by atoms with van der Waals surface area (Å²) in [4.78, 5) is 17.6. The molecule has 158 valence electrons. The first kappa shape index (κ1) is 19.2. The van der Waals surface area contributed by atoms with E-state index in [1.165, 1.54) is 31.4 Å². The van der Waals surface area contributed by atoms with Crippen LogP contribution < -0.4 is 15.1 Å². The quantitative estimate of drug-likeness (QED) is 0.825. The molecular weight excluding hydrogens is 366 g/mol. The highest BCUT2D eigenvalue weighted by atomic mass is 16.5. The van der Waals surface area contributed by atoms with Gasteiger partial charge in [0.15, 0.2) is 0 Å². The topological polar surface area (TPSA) is 54.0 Å². The van der Waals surface area contributed by atoms with Crippen LogP contribution in [-0.4, -0.2) is 58.5 Å². The Hall–Kier alpha value is -1.79. The average molecular weight is 400 g/mol. The molecule has 6 nitrogen and oxygen atoms in total. The number of nitrogens with one attached hydrogen (secondary N) is 1. The number of hydrogen-bond acceptors (Lipinski definition) is 5. The average Bonchev–Trinajstić information content (AvgIpc) is 3.38. The van der Waals surface area contributed by atoms with Crippen LogP contribution in [-0.2, 0) is 14.3 Å². The van der Waals surface area contributed by atoms with Gasteiger partial charge in [-0.05, 0) is 55.2 Å². The highest BCUT2D eigenvalue weighted by Crippen LogP contribution is 2.49. The van der Waals surface area contributed by atoms with Crippen LogP contribution in [0.3, 0.4) is 0 Å². The second-order valence-electron chi connectivity index (χ2n) is 9.09. The van der Waals surface area contributed by atoms with Gasteiger partial charge in [0.25, 0.3) is 0 Å². The predicted octanol–water partition coefficient (Wildman–Crippen LogP) is 3.12. The van der Waals surface area contributed by atoms with E-state index in [4.69, 9.17) is 9.47 Å². The lowest BCUT2D eigenvalue weighted by Gasteiger charge is -2.33. The van der Waals surface area contributed by atoms with Gasteiger partial charge in [-0.25, -0.2) is 0 Å². The van der Waals surface area contributed by atoms with Crippen molar-refractivity contribution < 1.29 is 14.3 Å². The van der Waals surface area contributed by atoms with Crippen molar-refractivity contribution in [2.24, 2.45) is 17.8 Å². The maximum absolute atomic E-state index is 12.9. The fraction of sp³-hybridized carbons (Fsp3) is 0.696. The molecule has 1 aromatic carbocycles. The molecule has 1 aromatic rings. The van der Waals surface area contributed by atoms with Gasteiger partial charge in [0.05, 0.1) is 37.8 Å². The standard InChI is InChI=1S/C23H33N3O3/c27-23(15-19-14-17-1-2-18(19)13-17)24-21-4-3-20(25-5-9-28-10-6-25)16-22(21)26-7-11-29-12-8-26/h3-4,16-19H,1-2,5-15H2,(H,24,27)/t17-,18-,19+/m0/s1. The lowest BCUT2D eigenvalue weighted by molar-refractivity contribution is -0.117. The molecule has 0 unspecified atom stereocenters. The minimum atomic E-state index is 0.177. The highest BCUT2D eigenvalue weighted by molar-refractivity contribution is 5.95. The van der Waals surface area contributed by atoms with Gasteiger partial charge in [0.2, 0.25) is 5.91 Å². The number of anilines is 3. The molecule has 2 saturated heterocycles. The Labute approximate surface area is 173 Å². The summed E-state index contributed by atoms with van der Waals surface area (Å²) in [6, 6.07) is 6.47. The zero-order chi connectivity index (χ0) is 19.6. The summed E-state index contributed by atoms with van der Waals surface area (Å²) in [5.74, 6) is 2.44. The number of fused-ring (bicyclic) bond motifs is 2. The normalized spacial score (nSPS) is 29.3. The molecule has 6 heteroatoms. The molecule has 5 rings (SSSR count). The Kier molecular flexibility index (Phi) is 5.64. The highest BCUT2D eigenvalue weighted by Gasteiger charge is 2.40. The summed E-state index contributed by atoms with van der Waals surface area (Å²) >= 11 is 0. The van der Waals surface area contributed by atoms with Crippen molar-refractivity contribution in [3.05, 3.63) is 18.2 Å². The van der Waals surface area contributed by atoms with Crippen molar-refractivity contribution in [1.82, 2.24) is 0 Å². The molecule has 0 aromatic heterocycles. The fourth-order valence-electron chi connectivity index (χ4n) is 5.78. The maximum atomic E-state index is 12.9. The molecule has 3 atom stereocenters. The van der Waals surface area contributed by atoms with E-state index in [0.717, 1.165) is 75.8 Å². The number of hydrogen-bond donors (Lipinski definition) is 1. The number of amides is 1. The van der Waals surface area contributed by atoms with E-state index in [1.54, 1.807) is 0 Å². The Morgan fingerprint density at radius 1 is 0.966 bits per heavy atom. The number of benzene rings is 1. The number of morpholine rings is 2. The molecule has 29 heavy (non-hydrogen) atoms. The summed E-state index contributed by atoms with van der Waals surface area (Å²) in [5, 5.41) is 3.26. The van der Waals surface area contributed by atoms with Crippen LogP contribution in [0.4, 0.5) is 17.1 Å².